The van der Waals surface area contributed by atoms with Gasteiger partial charge in [-0.25, -0.2) is 9.78 Å². The molecule has 3 rings (SSSR count). The van der Waals surface area contributed by atoms with Crippen molar-refractivity contribution >= 4 is 29.2 Å². The predicted molar refractivity (Wildman–Crippen MR) is 97.1 cm³/mol. The molecular formula is C20H16N2O3. The molecule has 0 aliphatic rings. The summed E-state index contributed by atoms with van der Waals surface area (Å²) in [5.74, 6) is 3.39. The summed E-state index contributed by atoms with van der Waals surface area (Å²) in [7, 11) is 1.35. The summed E-state index contributed by atoms with van der Waals surface area (Å²) in [4.78, 5) is 19.4. The number of esters is 1. The molecule has 0 bridgehead atoms. The first-order valence-corrected chi connectivity index (χ1v) is 7.62. The number of fused-ring (bicyclic) bond motifs is 1. The zero-order valence-corrected chi connectivity index (χ0v) is 13.7. The van der Waals surface area contributed by atoms with Gasteiger partial charge in [-0.1, -0.05) is 30.2 Å². The van der Waals surface area contributed by atoms with Crippen LogP contribution >= 0.6 is 0 Å². The van der Waals surface area contributed by atoms with Crippen LogP contribution in [0.2, 0.25) is 0 Å². The first-order chi connectivity index (χ1) is 12.2. The van der Waals surface area contributed by atoms with Crippen LogP contribution in [0.1, 0.15) is 21.7 Å². The van der Waals surface area contributed by atoms with E-state index in [1.54, 1.807) is 12.1 Å². The van der Waals surface area contributed by atoms with Crippen molar-refractivity contribution in [2.24, 2.45) is 0 Å². The molecule has 0 aliphatic carbocycles. The quantitative estimate of drug-likeness (QED) is 0.573. The predicted octanol–water partition coefficient (Wildman–Crippen LogP) is 3.53. The highest BCUT2D eigenvalue weighted by Crippen LogP contribution is 2.19. The third-order valence-electron chi connectivity index (χ3n) is 3.57. The minimum atomic E-state index is -0.407. The van der Waals surface area contributed by atoms with Crippen LogP contribution in [0, 0.1) is 12.3 Å². The Balaban J connectivity index is 1.82. The number of aromatic nitrogens is 2. The fraction of sp³-hybridized carbons (Fsp3) is 0.100. The zero-order valence-electron chi connectivity index (χ0n) is 13.7. The van der Waals surface area contributed by atoms with Crippen LogP contribution < -0.4 is 4.74 Å². The smallest absolute Gasteiger partial charge is 0.340 e. The molecule has 5 nitrogen and oxygen atoms in total. The Kier molecular flexibility index (Phi) is 4.82. The van der Waals surface area contributed by atoms with Crippen LogP contribution in [-0.2, 0) is 4.74 Å². The molecular weight excluding hydrogens is 316 g/mol. The monoisotopic (exact) mass is 332 g/mol. The number of carbonyl (C=O) groups is 1. The Morgan fingerprint density at radius 1 is 1.24 bits per heavy atom. The molecule has 1 aromatic heterocycles. The number of ether oxygens (including phenoxy) is 2. The fourth-order valence-corrected chi connectivity index (χ4v) is 2.38. The van der Waals surface area contributed by atoms with Gasteiger partial charge in [0.1, 0.15) is 23.7 Å². The molecule has 0 fully saturated rings. The molecule has 0 saturated carbocycles. The van der Waals surface area contributed by atoms with Gasteiger partial charge in [0.05, 0.1) is 18.2 Å². The van der Waals surface area contributed by atoms with Crippen molar-refractivity contribution in [2.45, 2.75) is 0 Å². The highest BCUT2D eigenvalue weighted by molar-refractivity contribution is 6.02. The molecule has 1 N–H and O–H groups in total. The van der Waals surface area contributed by atoms with E-state index in [0.717, 1.165) is 16.8 Å². The lowest BCUT2D eigenvalue weighted by molar-refractivity contribution is 0.0603. The standard InChI is InChI=1S/C20H16N2O3/c1-3-13-25-15-10-7-14(8-11-15)9-12-18-21-17-6-4-5-16(19(17)22-18)20(23)24-2/h1,4-12H,13H2,2H3,(H,21,22)/b12-9+. The van der Waals surface area contributed by atoms with E-state index in [2.05, 4.69) is 15.9 Å². The van der Waals surface area contributed by atoms with E-state index >= 15 is 0 Å². The van der Waals surface area contributed by atoms with Crippen LogP contribution in [-0.4, -0.2) is 29.7 Å². The normalized spacial score (nSPS) is 10.7. The minimum Gasteiger partial charge on any atom is -0.481 e. The number of nitrogens with one attached hydrogen (secondary N) is 1. The average Bonchev–Trinajstić information content (AvgIpc) is 3.08. The van der Waals surface area contributed by atoms with Gasteiger partial charge in [0.2, 0.25) is 0 Å². The topological polar surface area (TPSA) is 64.2 Å². The highest BCUT2D eigenvalue weighted by atomic mass is 16.5. The second-order valence-electron chi connectivity index (χ2n) is 5.21. The third-order valence-corrected chi connectivity index (χ3v) is 3.57. The first kappa shape index (κ1) is 16.3. The molecule has 0 amide bonds. The number of imidazole rings is 1. The van der Waals surface area contributed by atoms with Gasteiger partial charge < -0.3 is 14.5 Å². The number of nitrogens with zero attached hydrogens (tertiary/aromatic N) is 1. The molecule has 3 aromatic rings. The number of carbonyl (C=O) groups excluding carboxylic acids is 1. The Bertz CT molecular complexity index is 963. The van der Waals surface area contributed by atoms with Gasteiger partial charge in [-0.15, -0.1) is 6.42 Å². The number of rotatable bonds is 5. The molecule has 0 spiro atoms. The second-order valence-corrected chi connectivity index (χ2v) is 5.21. The maximum Gasteiger partial charge on any atom is 0.340 e. The van der Waals surface area contributed by atoms with Gasteiger partial charge in [0, 0.05) is 0 Å². The van der Waals surface area contributed by atoms with E-state index < -0.39 is 5.97 Å². The number of hydrogen-bond acceptors (Lipinski definition) is 4. The van der Waals surface area contributed by atoms with Gasteiger partial charge in [-0.3, -0.25) is 0 Å². The average molecular weight is 332 g/mol. The van der Waals surface area contributed by atoms with Crippen LogP contribution in [0.5, 0.6) is 5.75 Å². The lowest BCUT2D eigenvalue weighted by Crippen LogP contribution is -2.01. The molecule has 1 heterocycles. The third kappa shape index (κ3) is 3.70. The van der Waals surface area contributed by atoms with Crippen LogP contribution in [0.25, 0.3) is 23.2 Å². The maximum atomic E-state index is 11.8. The molecule has 0 atom stereocenters. The lowest BCUT2D eigenvalue weighted by Gasteiger charge is -2.01. The lowest BCUT2D eigenvalue weighted by atomic mass is 10.2. The van der Waals surface area contributed by atoms with E-state index in [0.29, 0.717) is 16.9 Å². The number of methoxy groups -OCH3 is 1. The van der Waals surface area contributed by atoms with Gasteiger partial charge in [0.15, 0.2) is 0 Å². The molecule has 0 radical (unpaired) electrons. The van der Waals surface area contributed by atoms with Crippen LogP contribution in [0.15, 0.2) is 42.5 Å². The number of H-pyrrole nitrogens is 1. The number of aromatic amines is 1. The van der Waals surface area contributed by atoms with Crippen molar-refractivity contribution in [1.29, 1.82) is 0 Å². The summed E-state index contributed by atoms with van der Waals surface area (Å²) >= 11 is 0. The van der Waals surface area contributed by atoms with Crippen molar-refractivity contribution in [3.63, 3.8) is 0 Å². The fourth-order valence-electron chi connectivity index (χ4n) is 2.38. The van der Waals surface area contributed by atoms with E-state index in [9.17, 15) is 4.79 Å². The summed E-state index contributed by atoms with van der Waals surface area (Å²) in [6, 6.07) is 12.9. The van der Waals surface area contributed by atoms with Crippen molar-refractivity contribution in [3.05, 3.63) is 59.4 Å². The van der Waals surface area contributed by atoms with E-state index in [-0.39, 0.29) is 6.61 Å². The van der Waals surface area contributed by atoms with Crippen molar-refractivity contribution < 1.29 is 14.3 Å². The van der Waals surface area contributed by atoms with E-state index in [1.807, 2.05) is 42.5 Å². The van der Waals surface area contributed by atoms with E-state index in [4.69, 9.17) is 15.9 Å². The largest absolute Gasteiger partial charge is 0.481 e. The Morgan fingerprint density at radius 2 is 2.04 bits per heavy atom. The molecule has 2 aromatic carbocycles. The molecule has 0 saturated heterocycles. The summed E-state index contributed by atoms with van der Waals surface area (Å²) in [6.07, 6.45) is 8.93. The van der Waals surface area contributed by atoms with Crippen molar-refractivity contribution in [2.75, 3.05) is 13.7 Å². The van der Waals surface area contributed by atoms with Gasteiger partial charge in [-0.05, 0) is 35.9 Å². The van der Waals surface area contributed by atoms with Gasteiger partial charge in [0.25, 0.3) is 0 Å². The number of terminal acetylenes is 1. The molecule has 0 unspecified atom stereocenters. The van der Waals surface area contributed by atoms with Gasteiger partial charge in [-0.2, -0.15) is 0 Å². The zero-order chi connectivity index (χ0) is 17.6. The number of para-hydroxylation sites is 1. The van der Waals surface area contributed by atoms with Gasteiger partial charge >= 0.3 is 5.97 Å². The molecule has 25 heavy (non-hydrogen) atoms. The minimum absolute atomic E-state index is 0.247. The maximum absolute atomic E-state index is 11.8. The second kappa shape index (κ2) is 7.37. The Labute approximate surface area is 145 Å². The Hall–Kier alpha value is -3.52. The van der Waals surface area contributed by atoms with Crippen LogP contribution in [0.4, 0.5) is 0 Å². The number of benzene rings is 2. The molecule has 5 heteroatoms. The van der Waals surface area contributed by atoms with Crippen molar-refractivity contribution in [3.8, 4) is 18.1 Å². The first-order valence-electron chi connectivity index (χ1n) is 7.62. The Morgan fingerprint density at radius 3 is 2.76 bits per heavy atom. The van der Waals surface area contributed by atoms with Crippen molar-refractivity contribution in [1.82, 2.24) is 9.97 Å². The molecule has 124 valence electrons. The summed E-state index contributed by atoms with van der Waals surface area (Å²) in [6.45, 7) is 0.247. The van der Waals surface area contributed by atoms with E-state index in [1.165, 1.54) is 7.11 Å². The summed E-state index contributed by atoms with van der Waals surface area (Å²) < 4.78 is 10.1. The highest BCUT2D eigenvalue weighted by Gasteiger charge is 2.12. The molecule has 0 aliphatic heterocycles. The summed E-state index contributed by atoms with van der Waals surface area (Å²) in [5, 5.41) is 0. The SMILES string of the molecule is C#CCOc1ccc(/C=C/c2nc3c(C(=O)OC)cccc3[nH]2)cc1. The number of hydrogen-bond donors (Lipinski definition) is 1. The summed E-state index contributed by atoms with van der Waals surface area (Å²) in [5.41, 5.74) is 2.79. The van der Waals surface area contributed by atoms with Crippen LogP contribution in [0.3, 0.4) is 0 Å².